The number of urea groups is 1. The molecule has 0 aliphatic carbocycles. The standard InChI is InChI=1S/C9H16N2O2/c1-7-9(2,3-6-13-7)11-5-4-10-8(11)12/h7H,3-6H2,1-2H3,(H,10,12). The summed E-state index contributed by atoms with van der Waals surface area (Å²) >= 11 is 0. The molecule has 0 aromatic rings. The molecular formula is C9H16N2O2. The van der Waals surface area contributed by atoms with Gasteiger partial charge < -0.3 is 15.0 Å². The fraction of sp³-hybridized carbons (Fsp3) is 0.889. The van der Waals surface area contributed by atoms with Gasteiger partial charge in [-0.25, -0.2) is 4.79 Å². The first-order valence-corrected chi connectivity index (χ1v) is 4.82. The lowest BCUT2D eigenvalue weighted by atomic mass is 9.93. The number of rotatable bonds is 1. The van der Waals surface area contributed by atoms with Gasteiger partial charge in [0.25, 0.3) is 0 Å². The van der Waals surface area contributed by atoms with Gasteiger partial charge >= 0.3 is 6.03 Å². The van der Waals surface area contributed by atoms with Crippen LogP contribution < -0.4 is 5.32 Å². The van der Waals surface area contributed by atoms with Crippen LogP contribution in [-0.4, -0.2) is 42.3 Å². The van der Waals surface area contributed by atoms with Crippen molar-refractivity contribution >= 4 is 6.03 Å². The number of ether oxygens (including phenoxy) is 1. The van der Waals surface area contributed by atoms with Crippen LogP contribution in [0.15, 0.2) is 0 Å². The van der Waals surface area contributed by atoms with E-state index in [1.807, 2.05) is 11.8 Å². The first-order chi connectivity index (χ1) is 6.14. The van der Waals surface area contributed by atoms with Gasteiger partial charge in [-0.1, -0.05) is 0 Å². The van der Waals surface area contributed by atoms with Gasteiger partial charge in [0.2, 0.25) is 0 Å². The summed E-state index contributed by atoms with van der Waals surface area (Å²) in [4.78, 5) is 13.4. The van der Waals surface area contributed by atoms with Crippen LogP contribution in [0.1, 0.15) is 20.3 Å². The molecule has 0 spiro atoms. The Morgan fingerprint density at radius 2 is 2.46 bits per heavy atom. The van der Waals surface area contributed by atoms with Crippen molar-refractivity contribution in [2.24, 2.45) is 0 Å². The van der Waals surface area contributed by atoms with Crippen molar-refractivity contribution in [3.63, 3.8) is 0 Å². The van der Waals surface area contributed by atoms with Crippen molar-refractivity contribution in [2.75, 3.05) is 19.7 Å². The molecule has 2 amide bonds. The van der Waals surface area contributed by atoms with E-state index in [0.29, 0.717) is 0 Å². The van der Waals surface area contributed by atoms with Crippen molar-refractivity contribution in [1.29, 1.82) is 0 Å². The average Bonchev–Trinajstić information content (AvgIpc) is 2.62. The van der Waals surface area contributed by atoms with Crippen LogP contribution in [0.4, 0.5) is 4.79 Å². The zero-order valence-electron chi connectivity index (χ0n) is 8.17. The van der Waals surface area contributed by atoms with Crippen LogP contribution in [0, 0.1) is 0 Å². The Kier molecular flexibility index (Phi) is 1.95. The molecule has 74 valence electrons. The van der Waals surface area contributed by atoms with E-state index in [-0.39, 0.29) is 17.7 Å². The van der Waals surface area contributed by atoms with E-state index in [0.717, 1.165) is 26.1 Å². The summed E-state index contributed by atoms with van der Waals surface area (Å²) in [6.07, 6.45) is 1.10. The summed E-state index contributed by atoms with van der Waals surface area (Å²) in [6, 6.07) is 0.0554. The van der Waals surface area contributed by atoms with E-state index in [2.05, 4.69) is 12.2 Å². The third-order valence-electron chi connectivity index (χ3n) is 3.33. The predicted octanol–water partition coefficient (Wildman–Crippen LogP) is 0.579. The molecule has 2 atom stereocenters. The fourth-order valence-corrected chi connectivity index (χ4v) is 2.14. The number of hydrogen-bond acceptors (Lipinski definition) is 2. The average molecular weight is 184 g/mol. The Bertz CT molecular complexity index is 232. The Morgan fingerprint density at radius 3 is 2.92 bits per heavy atom. The van der Waals surface area contributed by atoms with Gasteiger partial charge in [0.05, 0.1) is 11.6 Å². The molecule has 4 nitrogen and oxygen atoms in total. The topological polar surface area (TPSA) is 41.6 Å². The maximum atomic E-state index is 11.5. The van der Waals surface area contributed by atoms with E-state index in [4.69, 9.17) is 4.74 Å². The summed E-state index contributed by atoms with van der Waals surface area (Å²) in [5.41, 5.74) is -0.0966. The first-order valence-electron chi connectivity index (χ1n) is 4.82. The lowest BCUT2D eigenvalue weighted by Gasteiger charge is -2.36. The second-order valence-electron chi connectivity index (χ2n) is 4.00. The molecule has 2 unspecified atom stereocenters. The van der Waals surface area contributed by atoms with Gasteiger partial charge in [-0.15, -0.1) is 0 Å². The van der Waals surface area contributed by atoms with Gasteiger partial charge in [-0.05, 0) is 20.3 Å². The molecule has 0 bridgehead atoms. The summed E-state index contributed by atoms with van der Waals surface area (Å²) in [5.74, 6) is 0. The molecule has 2 saturated heterocycles. The summed E-state index contributed by atoms with van der Waals surface area (Å²) in [7, 11) is 0. The summed E-state index contributed by atoms with van der Waals surface area (Å²) < 4.78 is 5.51. The number of nitrogens with one attached hydrogen (secondary N) is 1. The van der Waals surface area contributed by atoms with Gasteiger partial charge in [0.1, 0.15) is 0 Å². The molecule has 2 fully saturated rings. The van der Waals surface area contributed by atoms with Crippen LogP contribution in [-0.2, 0) is 4.74 Å². The molecule has 0 aromatic carbocycles. The van der Waals surface area contributed by atoms with E-state index in [1.165, 1.54) is 0 Å². The van der Waals surface area contributed by atoms with Gasteiger partial charge in [0, 0.05) is 19.7 Å². The molecule has 0 radical (unpaired) electrons. The fourth-order valence-electron chi connectivity index (χ4n) is 2.14. The lowest BCUT2D eigenvalue weighted by molar-refractivity contribution is 0.0481. The van der Waals surface area contributed by atoms with Crippen molar-refractivity contribution in [3.8, 4) is 0 Å². The van der Waals surface area contributed by atoms with Crippen LogP contribution in [0.3, 0.4) is 0 Å². The molecule has 0 saturated carbocycles. The van der Waals surface area contributed by atoms with Crippen LogP contribution in [0.2, 0.25) is 0 Å². The Hall–Kier alpha value is -0.770. The van der Waals surface area contributed by atoms with Crippen molar-refractivity contribution in [2.45, 2.75) is 31.9 Å². The second-order valence-corrected chi connectivity index (χ2v) is 4.00. The minimum absolute atomic E-state index is 0.0554. The molecule has 4 heteroatoms. The zero-order valence-corrected chi connectivity index (χ0v) is 8.17. The Labute approximate surface area is 78.2 Å². The Balaban J connectivity index is 2.17. The molecular weight excluding hydrogens is 168 g/mol. The van der Waals surface area contributed by atoms with Crippen LogP contribution in [0.25, 0.3) is 0 Å². The largest absolute Gasteiger partial charge is 0.376 e. The van der Waals surface area contributed by atoms with Crippen LogP contribution >= 0.6 is 0 Å². The highest BCUT2D eigenvalue weighted by Gasteiger charge is 2.45. The lowest BCUT2D eigenvalue weighted by Crippen LogP contribution is -2.52. The molecule has 2 rings (SSSR count). The van der Waals surface area contributed by atoms with Crippen molar-refractivity contribution in [3.05, 3.63) is 0 Å². The van der Waals surface area contributed by atoms with E-state index in [9.17, 15) is 4.79 Å². The number of carbonyl (C=O) groups excluding carboxylic acids is 1. The summed E-state index contributed by atoms with van der Waals surface area (Å²) in [6.45, 7) is 6.49. The SMILES string of the molecule is CC1OCCC1(C)N1CCNC1=O. The molecule has 13 heavy (non-hydrogen) atoms. The van der Waals surface area contributed by atoms with Gasteiger partial charge in [-0.2, -0.15) is 0 Å². The number of carbonyl (C=O) groups is 1. The highest BCUT2D eigenvalue weighted by Crippen LogP contribution is 2.32. The number of hydrogen-bond donors (Lipinski definition) is 1. The first kappa shape index (κ1) is 8.81. The molecule has 2 aliphatic heterocycles. The Morgan fingerprint density at radius 1 is 1.69 bits per heavy atom. The molecule has 0 aromatic heterocycles. The van der Waals surface area contributed by atoms with Crippen LogP contribution in [0.5, 0.6) is 0 Å². The van der Waals surface area contributed by atoms with Crippen molar-refractivity contribution < 1.29 is 9.53 Å². The third-order valence-corrected chi connectivity index (χ3v) is 3.33. The second kappa shape index (κ2) is 2.87. The third kappa shape index (κ3) is 1.20. The smallest absolute Gasteiger partial charge is 0.318 e. The minimum atomic E-state index is -0.0966. The van der Waals surface area contributed by atoms with Gasteiger partial charge in [0.15, 0.2) is 0 Å². The van der Waals surface area contributed by atoms with E-state index in [1.54, 1.807) is 0 Å². The maximum absolute atomic E-state index is 11.5. The zero-order chi connectivity index (χ0) is 9.47. The normalized spacial score (nSPS) is 39.7. The monoisotopic (exact) mass is 184 g/mol. The molecule has 2 heterocycles. The van der Waals surface area contributed by atoms with E-state index < -0.39 is 0 Å². The minimum Gasteiger partial charge on any atom is -0.376 e. The van der Waals surface area contributed by atoms with E-state index >= 15 is 0 Å². The highest BCUT2D eigenvalue weighted by atomic mass is 16.5. The number of nitrogens with zero attached hydrogens (tertiary/aromatic N) is 1. The number of amides is 2. The highest BCUT2D eigenvalue weighted by molar-refractivity contribution is 5.77. The van der Waals surface area contributed by atoms with Gasteiger partial charge in [-0.3, -0.25) is 0 Å². The predicted molar refractivity (Wildman–Crippen MR) is 48.5 cm³/mol. The maximum Gasteiger partial charge on any atom is 0.318 e. The summed E-state index contributed by atoms with van der Waals surface area (Å²) in [5, 5.41) is 2.82. The molecule has 2 aliphatic rings. The molecule has 1 N–H and O–H groups in total. The van der Waals surface area contributed by atoms with Crippen molar-refractivity contribution in [1.82, 2.24) is 10.2 Å². The quantitative estimate of drug-likeness (QED) is 0.647.